The zero-order valence-electron chi connectivity index (χ0n) is 12.2. The quantitative estimate of drug-likeness (QED) is 0.365. The van der Waals surface area contributed by atoms with Crippen molar-refractivity contribution < 1.29 is 17.7 Å². The van der Waals surface area contributed by atoms with E-state index in [1.165, 1.54) is 38.5 Å². The van der Waals surface area contributed by atoms with Gasteiger partial charge < -0.3 is 10.1 Å². The molecule has 0 amide bonds. The molecule has 7 heteroatoms. The molecule has 1 rings (SSSR count). The van der Waals surface area contributed by atoms with Gasteiger partial charge in [-0.15, -0.1) is 0 Å². The number of ether oxygens (including phenoxy) is 1. The molecule has 0 aromatic carbocycles. The first-order valence-electron chi connectivity index (χ1n) is 7.38. The molecule has 1 fully saturated rings. The van der Waals surface area contributed by atoms with E-state index in [9.17, 15) is 8.42 Å². The summed E-state index contributed by atoms with van der Waals surface area (Å²) in [5.74, 6) is 1.09. The molecule has 120 valence electrons. The molecule has 1 saturated carbocycles. The Balaban J connectivity index is 1.96. The highest BCUT2D eigenvalue weighted by atomic mass is 33.1. The van der Waals surface area contributed by atoms with E-state index >= 15 is 0 Å². The average Bonchev–Trinajstić information content (AvgIpc) is 2.41. The fourth-order valence-electron chi connectivity index (χ4n) is 2.81. The number of unbranched alkanes of at least 4 members (excludes halogenated alkanes) is 1. The Morgan fingerprint density at radius 3 is 2.70 bits per heavy atom. The highest BCUT2D eigenvalue weighted by molar-refractivity contribution is 8.69. The SMILES string of the molecule is COC1CCCCC1CCCCNCCSS(=O)(=O)O. The highest BCUT2D eigenvalue weighted by Crippen LogP contribution is 2.30. The monoisotopic (exact) mass is 325 g/mol. The van der Waals surface area contributed by atoms with Crippen LogP contribution in [-0.4, -0.2) is 45.0 Å². The van der Waals surface area contributed by atoms with E-state index in [1.807, 2.05) is 7.11 Å². The molecule has 0 heterocycles. The van der Waals surface area contributed by atoms with Crippen molar-refractivity contribution in [2.75, 3.05) is 26.0 Å². The van der Waals surface area contributed by atoms with Gasteiger partial charge in [0.1, 0.15) is 0 Å². The summed E-state index contributed by atoms with van der Waals surface area (Å²) in [5.41, 5.74) is 0. The van der Waals surface area contributed by atoms with Crippen LogP contribution in [0.2, 0.25) is 0 Å². The van der Waals surface area contributed by atoms with Gasteiger partial charge in [0.2, 0.25) is 0 Å². The van der Waals surface area contributed by atoms with E-state index in [1.54, 1.807) is 0 Å². The second kappa shape index (κ2) is 10.00. The van der Waals surface area contributed by atoms with Crippen LogP contribution in [0.4, 0.5) is 0 Å². The lowest BCUT2D eigenvalue weighted by molar-refractivity contribution is 0.0195. The van der Waals surface area contributed by atoms with Crippen molar-refractivity contribution in [2.24, 2.45) is 5.92 Å². The van der Waals surface area contributed by atoms with E-state index in [4.69, 9.17) is 9.29 Å². The first-order chi connectivity index (χ1) is 9.53. The Morgan fingerprint density at radius 1 is 1.25 bits per heavy atom. The number of nitrogens with one attached hydrogen (secondary N) is 1. The minimum absolute atomic E-state index is 0.382. The number of hydrogen-bond donors (Lipinski definition) is 2. The van der Waals surface area contributed by atoms with E-state index < -0.39 is 9.15 Å². The van der Waals surface area contributed by atoms with Crippen molar-refractivity contribution in [3.05, 3.63) is 0 Å². The number of rotatable bonds is 10. The Kier molecular flexibility index (Phi) is 9.11. The van der Waals surface area contributed by atoms with Crippen molar-refractivity contribution in [1.82, 2.24) is 5.32 Å². The second-order valence-electron chi connectivity index (χ2n) is 5.31. The topological polar surface area (TPSA) is 75.6 Å². The van der Waals surface area contributed by atoms with Gasteiger partial charge in [-0.1, -0.05) is 19.3 Å². The molecule has 0 aliphatic heterocycles. The first kappa shape index (κ1) is 18.2. The van der Waals surface area contributed by atoms with Gasteiger partial charge in [-0.3, -0.25) is 4.55 Å². The van der Waals surface area contributed by atoms with E-state index in [-0.39, 0.29) is 0 Å². The molecule has 1 aliphatic carbocycles. The van der Waals surface area contributed by atoms with Crippen LogP contribution in [0.1, 0.15) is 44.9 Å². The number of methoxy groups -OCH3 is 1. The second-order valence-corrected chi connectivity index (χ2v) is 8.78. The molecule has 0 radical (unpaired) electrons. The maximum absolute atomic E-state index is 10.5. The van der Waals surface area contributed by atoms with E-state index in [0.717, 1.165) is 13.0 Å². The maximum atomic E-state index is 10.5. The summed E-state index contributed by atoms with van der Waals surface area (Å²) in [6, 6.07) is 0. The Bertz CT molecular complexity index is 348. The zero-order chi connectivity index (χ0) is 14.8. The minimum atomic E-state index is -3.88. The van der Waals surface area contributed by atoms with Crippen molar-refractivity contribution in [3.8, 4) is 0 Å². The first-order valence-corrected chi connectivity index (χ1v) is 10.3. The van der Waals surface area contributed by atoms with Crippen molar-refractivity contribution in [2.45, 2.75) is 51.0 Å². The molecule has 0 aromatic rings. The van der Waals surface area contributed by atoms with Gasteiger partial charge in [0.15, 0.2) is 0 Å². The molecule has 0 saturated heterocycles. The van der Waals surface area contributed by atoms with Crippen LogP contribution < -0.4 is 5.32 Å². The van der Waals surface area contributed by atoms with E-state index in [2.05, 4.69) is 5.32 Å². The largest absolute Gasteiger partial charge is 0.381 e. The van der Waals surface area contributed by atoms with Gasteiger partial charge >= 0.3 is 9.15 Å². The summed E-state index contributed by atoms with van der Waals surface area (Å²) in [6.07, 6.45) is 9.07. The summed E-state index contributed by atoms with van der Waals surface area (Å²) in [5, 5.41) is 3.19. The van der Waals surface area contributed by atoms with Gasteiger partial charge in [0, 0.05) is 19.4 Å². The summed E-state index contributed by atoms with van der Waals surface area (Å²) in [7, 11) is -1.49. The van der Waals surface area contributed by atoms with Gasteiger partial charge in [-0.2, -0.15) is 8.42 Å². The summed E-state index contributed by atoms with van der Waals surface area (Å²) < 4.78 is 35.1. The molecule has 5 nitrogen and oxygen atoms in total. The van der Waals surface area contributed by atoms with Gasteiger partial charge in [0.05, 0.1) is 6.10 Å². The molecule has 2 atom stereocenters. The smallest absolute Gasteiger partial charge is 0.319 e. The molecular weight excluding hydrogens is 298 g/mol. The lowest BCUT2D eigenvalue weighted by atomic mass is 9.83. The molecule has 2 unspecified atom stereocenters. The summed E-state index contributed by atoms with van der Waals surface area (Å²) in [6.45, 7) is 1.50. The molecule has 1 aliphatic rings. The van der Waals surface area contributed by atoms with Crippen LogP contribution in [0.15, 0.2) is 0 Å². The third kappa shape index (κ3) is 8.46. The Morgan fingerprint density at radius 2 is 2.00 bits per heavy atom. The standard InChI is InChI=1S/C13H27NO4S2/c1-18-13-8-3-2-6-12(13)7-4-5-9-14-10-11-19-20(15,16)17/h12-14H,2-11H2,1H3,(H,15,16,17). The van der Waals surface area contributed by atoms with Crippen molar-refractivity contribution in [3.63, 3.8) is 0 Å². The minimum Gasteiger partial charge on any atom is -0.381 e. The molecule has 0 bridgehead atoms. The lowest BCUT2D eigenvalue weighted by Gasteiger charge is -2.30. The molecule has 0 aromatic heterocycles. The molecule has 20 heavy (non-hydrogen) atoms. The van der Waals surface area contributed by atoms with Crippen LogP contribution in [-0.2, 0) is 13.9 Å². The predicted octanol–water partition coefficient (Wildman–Crippen LogP) is 2.49. The molecule has 0 spiro atoms. The van der Waals surface area contributed by atoms with Crippen molar-refractivity contribution >= 4 is 19.9 Å². The normalized spacial score (nSPS) is 23.9. The van der Waals surface area contributed by atoms with Crippen LogP contribution >= 0.6 is 10.8 Å². The zero-order valence-corrected chi connectivity index (χ0v) is 13.8. The van der Waals surface area contributed by atoms with Crippen LogP contribution in [0, 0.1) is 5.92 Å². The molecular formula is C13H27NO4S2. The van der Waals surface area contributed by atoms with Crippen LogP contribution in [0.25, 0.3) is 0 Å². The van der Waals surface area contributed by atoms with E-state index in [0.29, 0.717) is 35.1 Å². The fraction of sp³-hybridized carbons (Fsp3) is 1.00. The average molecular weight is 325 g/mol. The highest BCUT2D eigenvalue weighted by Gasteiger charge is 2.23. The maximum Gasteiger partial charge on any atom is 0.319 e. The van der Waals surface area contributed by atoms with Gasteiger partial charge in [0.25, 0.3) is 0 Å². The predicted molar refractivity (Wildman–Crippen MR) is 83.5 cm³/mol. The number of hydrogen-bond acceptors (Lipinski definition) is 5. The third-order valence-corrected chi connectivity index (χ3v) is 5.89. The van der Waals surface area contributed by atoms with Crippen LogP contribution in [0.3, 0.4) is 0 Å². The lowest BCUT2D eigenvalue weighted by Crippen LogP contribution is -2.27. The Hall–Kier alpha value is 0.180. The van der Waals surface area contributed by atoms with Gasteiger partial charge in [-0.05, 0) is 48.9 Å². The van der Waals surface area contributed by atoms with Crippen LogP contribution in [0.5, 0.6) is 0 Å². The van der Waals surface area contributed by atoms with Crippen molar-refractivity contribution in [1.29, 1.82) is 0 Å². The fourth-order valence-corrected chi connectivity index (χ4v) is 4.13. The molecule has 2 N–H and O–H groups in total. The van der Waals surface area contributed by atoms with Gasteiger partial charge in [-0.25, -0.2) is 0 Å². The summed E-state index contributed by atoms with van der Waals surface area (Å²) >= 11 is 0. The third-order valence-electron chi connectivity index (χ3n) is 3.83. The Labute approximate surface area is 126 Å². The summed E-state index contributed by atoms with van der Waals surface area (Å²) in [4.78, 5) is 0.